The minimum Gasteiger partial charge on any atom is -0.354 e. The lowest BCUT2D eigenvalue weighted by atomic mass is 10.2. The Labute approximate surface area is 205 Å². The number of nitrogens with zero attached hydrogens (tertiary/aromatic N) is 5. The molecule has 1 saturated heterocycles. The molecule has 0 aliphatic carbocycles. The minimum absolute atomic E-state index is 0.604. The van der Waals surface area contributed by atoms with Crippen LogP contribution in [0.5, 0.6) is 0 Å². The number of anilines is 3. The van der Waals surface area contributed by atoms with E-state index in [1.807, 2.05) is 48.5 Å². The molecule has 4 aromatic rings. The lowest BCUT2D eigenvalue weighted by Crippen LogP contribution is -2.45. The summed E-state index contributed by atoms with van der Waals surface area (Å²) in [4.78, 5) is 14.5. The van der Waals surface area contributed by atoms with Crippen LogP contribution in [0.4, 0.5) is 17.5 Å². The maximum absolute atomic E-state index is 8.29. The molecule has 2 aromatic carbocycles. The first kappa shape index (κ1) is 23.8. The second-order valence-corrected chi connectivity index (χ2v) is 8.47. The van der Waals surface area contributed by atoms with E-state index in [-0.39, 0.29) is 0 Å². The van der Waals surface area contributed by atoms with Crippen LogP contribution in [-0.4, -0.2) is 66.7 Å². The van der Waals surface area contributed by atoms with E-state index in [0.29, 0.717) is 10.8 Å². The number of likely N-dealkylation sites (N-methyl/N-ethyl adjacent to an activating group) is 1. The third kappa shape index (κ3) is 5.09. The zero-order valence-corrected chi connectivity index (χ0v) is 20.4. The van der Waals surface area contributed by atoms with Crippen molar-refractivity contribution in [2.45, 2.75) is 6.92 Å². The number of aromatic nitrogens is 4. The fourth-order valence-corrected chi connectivity index (χ4v) is 4.11. The highest BCUT2D eigenvalue weighted by atomic mass is 35.5. The summed E-state index contributed by atoms with van der Waals surface area (Å²) in [6, 6.07) is 15.7. The van der Waals surface area contributed by atoms with Crippen LogP contribution in [-0.2, 0) is 11.6 Å². The standard InChI is InChI=1S/C23H24ClN7.O2S/c1-15-20(26-22-17-8-4-6-10-19(17)28-29-22)25-21(16-7-3-5-9-18(16)24)27-23(15)31-13-11-30(2)12-14-31;1-3-2/h3-10H,11-14H2,1-2H3,(H2,25,26,27,28,29);. The van der Waals surface area contributed by atoms with Gasteiger partial charge in [-0.05, 0) is 38.2 Å². The fraction of sp³-hybridized carbons (Fsp3) is 0.261. The molecule has 0 unspecified atom stereocenters. The molecule has 34 heavy (non-hydrogen) atoms. The van der Waals surface area contributed by atoms with Crippen molar-refractivity contribution >= 4 is 51.5 Å². The molecule has 0 atom stereocenters. The summed E-state index contributed by atoms with van der Waals surface area (Å²) >= 11 is 5.74. The maximum atomic E-state index is 8.29. The van der Waals surface area contributed by atoms with Gasteiger partial charge in [-0.25, -0.2) is 9.97 Å². The zero-order valence-electron chi connectivity index (χ0n) is 18.8. The summed E-state index contributed by atoms with van der Waals surface area (Å²) in [6.45, 7) is 5.89. The third-order valence-corrected chi connectivity index (χ3v) is 6.07. The number of halogens is 1. The lowest BCUT2D eigenvalue weighted by Gasteiger charge is -2.34. The normalized spacial score (nSPS) is 13.9. The van der Waals surface area contributed by atoms with Crippen molar-refractivity contribution in [3.8, 4) is 11.4 Å². The number of rotatable bonds is 4. The van der Waals surface area contributed by atoms with Crippen LogP contribution in [0, 0.1) is 6.92 Å². The Kier molecular flexibility index (Phi) is 7.51. The maximum Gasteiger partial charge on any atom is 0.335 e. The smallest absolute Gasteiger partial charge is 0.335 e. The summed E-state index contributed by atoms with van der Waals surface area (Å²) in [5.74, 6) is 3.01. The minimum atomic E-state index is -0.750. The SMILES string of the molecule is Cc1c(Nc2n[nH]c3ccccc23)nc(-c2ccccc2Cl)nc1N1CCN(C)CC1.O=S=O. The monoisotopic (exact) mass is 497 g/mol. The predicted octanol–water partition coefficient (Wildman–Crippen LogP) is 3.81. The molecule has 0 saturated carbocycles. The number of aromatic amines is 1. The first-order valence-electron chi connectivity index (χ1n) is 10.7. The highest BCUT2D eigenvalue weighted by Gasteiger charge is 2.22. The first-order valence-corrected chi connectivity index (χ1v) is 11.7. The second kappa shape index (κ2) is 10.7. The molecule has 176 valence electrons. The summed E-state index contributed by atoms with van der Waals surface area (Å²) < 4.78 is 16.6. The quantitative estimate of drug-likeness (QED) is 0.438. The van der Waals surface area contributed by atoms with Gasteiger partial charge in [0.1, 0.15) is 11.6 Å². The molecular weight excluding hydrogens is 474 g/mol. The van der Waals surface area contributed by atoms with Gasteiger partial charge in [0, 0.05) is 42.7 Å². The van der Waals surface area contributed by atoms with Crippen molar-refractivity contribution in [1.29, 1.82) is 0 Å². The van der Waals surface area contributed by atoms with Crippen LogP contribution in [0.25, 0.3) is 22.3 Å². The average molecular weight is 498 g/mol. The van der Waals surface area contributed by atoms with Gasteiger partial charge in [-0.15, -0.1) is 0 Å². The molecule has 2 N–H and O–H groups in total. The van der Waals surface area contributed by atoms with E-state index in [1.165, 1.54) is 0 Å². The van der Waals surface area contributed by atoms with Gasteiger partial charge in [0.2, 0.25) is 0 Å². The van der Waals surface area contributed by atoms with Crippen LogP contribution in [0.15, 0.2) is 48.5 Å². The molecule has 1 fully saturated rings. The Hall–Kier alpha value is -3.34. The van der Waals surface area contributed by atoms with Gasteiger partial charge in [-0.3, -0.25) is 5.10 Å². The highest BCUT2D eigenvalue weighted by molar-refractivity contribution is 7.51. The van der Waals surface area contributed by atoms with E-state index in [4.69, 9.17) is 30.0 Å². The van der Waals surface area contributed by atoms with Crippen LogP contribution < -0.4 is 10.2 Å². The molecule has 0 spiro atoms. The summed E-state index contributed by atoms with van der Waals surface area (Å²) in [5, 5.41) is 12.6. The van der Waals surface area contributed by atoms with Crippen LogP contribution in [0.3, 0.4) is 0 Å². The van der Waals surface area contributed by atoms with E-state index < -0.39 is 11.6 Å². The zero-order chi connectivity index (χ0) is 24.1. The van der Waals surface area contributed by atoms with Gasteiger partial charge in [-0.2, -0.15) is 13.5 Å². The molecule has 11 heteroatoms. The Balaban J connectivity index is 0.000000868. The molecule has 1 aliphatic heterocycles. The molecule has 3 heterocycles. The van der Waals surface area contributed by atoms with Crippen molar-refractivity contribution in [2.24, 2.45) is 0 Å². The summed E-state index contributed by atoms with van der Waals surface area (Å²) in [7, 11) is 2.15. The van der Waals surface area contributed by atoms with Crippen molar-refractivity contribution in [2.75, 3.05) is 43.4 Å². The van der Waals surface area contributed by atoms with Gasteiger partial charge in [-0.1, -0.05) is 35.9 Å². The van der Waals surface area contributed by atoms with E-state index in [2.05, 4.69) is 39.3 Å². The number of para-hydroxylation sites is 1. The van der Waals surface area contributed by atoms with Crippen LogP contribution in [0.2, 0.25) is 5.02 Å². The van der Waals surface area contributed by atoms with Crippen molar-refractivity contribution in [3.05, 3.63) is 59.1 Å². The van der Waals surface area contributed by atoms with E-state index in [0.717, 1.165) is 65.7 Å². The second-order valence-electron chi connectivity index (χ2n) is 7.93. The Morgan fingerprint density at radius 1 is 0.971 bits per heavy atom. The van der Waals surface area contributed by atoms with E-state index >= 15 is 0 Å². The Morgan fingerprint density at radius 3 is 2.38 bits per heavy atom. The van der Waals surface area contributed by atoms with E-state index in [9.17, 15) is 0 Å². The molecule has 1 aliphatic rings. The van der Waals surface area contributed by atoms with Gasteiger partial charge in [0.05, 0.1) is 10.5 Å². The van der Waals surface area contributed by atoms with Gasteiger partial charge in [0.25, 0.3) is 0 Å². The topological polar surface area (TPSA) is 107 Å². The van der Waals surface area contributed by atoms with Crippen LogP contribution >= 0.6 is 11.6 Å². The van der Waals surface area contributed by atoms with Crippen molar-refractivity contribution in [3.63, 3.8) is 0 Å². The number of benzene rings is 2. The Bertz CT molecular complexity index is 1330. The largest absolute Gasteiger partial charge is 0.354 e. The number of piperazine rings is 1. The molecule has 2 aromatic heterocycles. The van der Waals surface area contributed by atoms with Crippen molar-refractivity contribution in [1.82, 2.24) is 25.1 Å². The first-order chi connectivity index (χ1) is 16.5. The lowest BCUT2D eigenvalue weighted by molar-refractivity contribution is 0.312. The molecule has 0 bridgehead atoms. The number of fused-ring (bicyclic) bond motifs is 1. The van der Waals surface area contributed by atoms with Crippen LogP contribution in [0.1, 0.15) is 5.56 Å². The molecule has 5 rings (SSSR count). The molecule has 0 amide bonds. The van der Waals surface area contributed by atoms with Crippen molar-refractivity contribution < 1.29 is 8.42 Å². The third-order valence-electron chi connectivity index (χ3n) is 5.74. The highest BCUT2D eigenvalue weighted by Crippen LogP contribution is 2.33. The predicted molar refractivity (Wildman–Crippen MR) is 135 cm³/mol. The summed E-state index contributed by atoms with van der Waals surface area (Å²) in [5.41, 5.74) is 2.78. The Morgan fingerprint density at radius 2 is 1.65 bits per heavy atom. The molecular formula is C23H24ClN7O2S. The fourth-order valence-electron chi connectivity index (χ4n) is 3.89. The molecule has 9 nitrogen and oxygen atoms in total. The van der Waals surface area contributed by atoms with E-state index in [1.54, 1.807) is 0 Å². The van der Waals surface area contributed by atoms with Gasteiger partial charge >= 0.3 is 11.6 Å². The number of hydrogen-bond donors (Lipinski definition) is 2. The van der Waals surface area contributed by atoms with Gasteiger partial charge < -0.3 is 15.1 Å². The summed E-state index contributed by atoms with van der Waals surface area (Å²) in [6.07, 6.45) is 0. The average Bonchev–Trinajstić information content (AvgIpc) is 3.25. The number of nitrogens with one attached hydrogen (secondary N) is 2. The van der Waals surface area contributed by atoms with Gasteiger partial charge in [0.15, 0.2) is 11.6 Å². The number of H-pyrrole nitrogens is 1. The number of hydrogen-bond acceptors (Lipinski definition) is 8. The molecule has 0 radical (unpaired) electrons.